The summed E-state index contributed by atoms with van der Waals surface area (Å²) in [4.78, 5) is 4.94. The van der Waals surface area contributed by atoms with Gasteiger partial charge in [-0.2, -0.15) is 0 Å². The molecule has 118 valence electrons. The molecule has 0 amide bonds. The highest BCUT2D eigenvalue weighted by Crippen LogP contribution is 2.14. The lowest BCUT2D eigenvalue weighted by atomic mass is 10.1. The summed E-state index contributed by atoms with van der Waals surface area (Å²) in [6.45, 7) is 6.08. The summed E-state index contributed by atoms with van der Waals surface area (Å²) < 4.78 is 17.4. The Morgan fingerprint density at radius 1 is 1.05 bits per heavy atom. The molecule has 1 saturated heterocycles. The summed E-state index contributed by atoms with van der Waals surface area (Å²) in [6.07, 6.45) is 2.77. The predicted octanol–water partition coefficient (Wildman–Crippen LogP) is 2.61. The molecule has 0 radical (unpaired) electrons. The van der Waals surface area contributed by atoms with Crippen molar-refractivity contribution in [2.24, 2.45) is 0 Å². The number of piperazine rings is 1. The van der Waals surface area contributed by atoms with Crippen LogP contribution in [0.2, 0.25) is 0 Å². The minimum atomic E-state index is -0.315. The van der Waals surface area contributed by atoms with Gasteiger partial charge in [0.05, 0.1) is 13.3 Å². The van der Waals surface area contributed by atoms with E-state index in [2.05, 4.69) is 29.0 Å². The first-order valence-corrected chi connectivity index (χ1v) is 7.96. The van der Waals surface area contributed by atoms with Crippen molar-refractivity contribution in [2.75, 3.05) is 53.1 Å². The van der Waals surface area contributed by atoms with E-state index in [1.54, 1.807) is 0 Å². The molecule has 4 heteroatoms. The van der Waals surface area contributed by atoms with Crippen LogP contribution in [0.5, 0.6) is 5.75 Å². The number of alkyl halides is 1. The largest absolute Gasteiger partial charge is 0.494 e. The van der Waals surface area contributed by atoms with Crippen LogP contribution in [0.15, 0.2) is 24.3 Å². The lowest BCUT2D eigenvalue weighted by Crippen LogP contribution is -2.44. The van der Waals surface area contributed by atoms with Gasteiger partial charge >= 0.3 is 0 Å². The van der Waals surface area contributed by atoms with Crippen molar-refractivity contribution >= 4 is 0 Å². The summed E-state index contributed by atoms with van der Waals surface area (Å²) in [6, 6.07) is 8.22. The van der Waals surface area contributed by atoms with Gasteiger partial charge in [0.1, 0.15) is 5.75 Å². The van der Waals surface area contributed by atoms with Gasteiger partial charge in [-0.15, -0.1) is 0 Å². The molecule has 0 atom stereocenters. The minimum absolute atomic E-state index is 0.315. The van der Waals surface area contributed by atoms with Gasteiger partial charge in [0.25, 0.3) is 0 Å². The third-order valence-corrected chi connectivity index (χ3v) is 4.01. The quantitative estimate of drug-likeness (QED) is 0.686. The maximum atomic E-state index is 12.0. The lowest BCUT2D eigenvalue weighted by Gasteiger charge is -2.32. The molecule has 0 unspecified atom stereocenters. The molecule has 1 aromatic carbocycles. The van der Waals surface area contributed by atoms with Crippen molar-refractivity contribution in [1.29, 1.82) is 0 Å². The van der Waals surface area contributed by atoms with E-state index in [9.17, 15) is 4.39 Å². The molecule has 0 bridgehead atoms. The number of ether oxygens (including phenoxy) is 1. The highest BCUT2D eigenvalue weighted by Gasteiger charge is 2.12. The third-order valence-electron chi connectivity index (χ3n) is 4.01. The van der Waals surface area contributed by atoms with Gasteiger partial charge in [0.15, 0.2) is 0 Å². The fourth-order valence-electron chi connectivity index (χ4n) is 2.58. The molecule has 1 fully saturated rings. The highest BCUT2D eigenvalue weighted by atomic mass is 19.1. The van der Waals surface area contributed by atoms with Gasteiger partial charge in [-0.3, -0.25) is 4.39 Å². The average Bonchev–Trinajstić information content (AvgIpc) is 2.51. The second-order valence-corrected chi connectivity index (χ2v) is 5.78. The molecule has 2 rings (SSSR count). The number of hydrogen-bond acceptors (Lipinski definition) is 3. The van der Waals surface area contributed by atoms with Crippen LogP contribution < -0.4 is 4.74 Å². The van der Waals surface area contributed by atoms with Gasteiger partial charge in [0.2, 0.25) is 0 Å². The van der Waals surface area contributed by atoms with Crippen molar-refractivity contribution in [3.8, 4) is 5.75 Å². The Hall–Kier alpha value is -1.13. The van der Waals surface area contributed by atoms with Crippen LogP contribution in [0.4, 0.5) is 4.39 Å². The summed E-state index contributed by atoms with van der Waals surface area (Å²) in [5, 5.41) is 0. The zero-order chi connectivity index (χ0) is 14.9. The first-order valence-electron chi connectivity index (χ1n) is 7.96. The number of halogens is 1. The van der Waals surface area contributed by atoms with Gasteiger partial charge in [-0.25, -0.2) is 0 Å². The molecular weight excluding hydrogens is 267 g/mol. The molecule has 1 aliphatic rings. The summed E-state index contributed by atoms with van der Waals surface area (Å²) >= 11 is 0. The van der Waals surface area contributed by atoms with E-state index in [0.29, 0.717) is 13.0 Å². The first-order chi connectivity index (χ1) is 10.3. The molecule has 21 heavy (non-hydrogen) atoms. The van der Waals surface area contributed by atoms with Gasteiger partial charge in [0, 0.05) is 32.6 Å². The van der Waals surface area contributed by atoms with E-state index in [4.69, 9.17) is 4.74 Å². The van der Waals surface area contributed by atoms with Crippen molar-refractivity contribution in [2.45, 2.75) is 19.3 Å². The molecule has 0 aromatic heterocycles. The van der Waals surface area contributed by atoms with E-state index >= 15 is 0 Å². The number of aryl methyl sites for hydroxylation is 1. The Morgan fingerprint density at radius 2 is 1.76 bits per heavy atom. The maximum Gasteiger partial charge on any atom is 0.119 e. The Morgan fingerprint density at radius 3 is 2.43 bits per heavy atom. The normalized spacial score (nSPS) is 17.0. The van der Waals surface area contributed by atoms with Gasteiger partial charge in [-0.05, 0) is 44.1 Å². The zero-order valence-corrected chi connectivity index (χ0v) is 13.1. The van der Waals surface area contributed by atoms with Crippen LogP contribution in [0.25, 0.3) is 0 Å². The molecule has 1 aromatic rings. The topological polar surface area (TPSA) is 15.7 Å². The SMILES string of the molecule is CN1CCN(CCCc2ccc(OCCCF)cc2)CC1. The van der Waals surface area contributed by atoms with Crippen molar-refractivity contribution in [3.63, 3.8) is 0 Å². The molecule has 1 aliphatic heterocycles. The van der Waals surface area contributed by atoms with Crippen LogP contribution in [0.3, 0.4) is 0 Å². The molecule has 1 heterocycles. The van der Waals surface area contributed by atoms with Crippen LogP contribution in [-0.2, 0) is 6.42 Å². The highest BCUT2D eigenvalue weighted by molar-refractivity contribution is 5.27. The fourth-order valence-corrected chi connectivity index (χ4v) is 2.58. The van der Waals surface area contributed by atoms with Crippen LogP contribution in [0, 0.1) is 0 Å². The Balaban J connectivity index is 1.64. The van der Waals surface area contributed by atoms with E-state index in [1.807, 2.05) is 12.1 Å². The third kappa shape index (κ3) is 6.02. The van der Waals surface area contributed by atoms with E-state index in [1.165, 1.54) is 44.7 Å². The smallest absolute Gasteiger partial charge is 0.119 e. The number of likely N-dealkylation sites (N-methyl/N-ethyl adjacent to an activating group) is 1. The Kier molecular flexibility index (Phi) is 6.96. The molecule has 0 N–H and O–H groups in total. The van der Waals surface area contributed by atoms with Crippen molar-refractivity contribution in [3.05, 3.63) is 29.8 Å². The predicted molar refractivity (Wildman–Crippen MR) is 84.8 cm³/mol. The van der Waals surface area contributed by atoms with Crippen LogP contribution in [-0.4, -0.2) is 62.9 Å². The Labute approximate surface area is 127 Å². The van der Waals surface area contributed by atoms with E-state index in [-0.39, 0.29) is 6.67 Å². The lowest BCUT2D eigenvalue weighted by molar-refractivity contribution is 0.153. The number of hydrogen-bond donors (Lipinski definition) is 0. The average molecular weight is 294 g/mol. The summed E-state index contributed by atoms with van der Waals surface area (Å²) in [5.74, 6) is 0.839. The molecule has 0 spiro atoms. The van der Waals surface area contributed by atoms with E-state index < -0.39 is 0 Å². The fraction of sp³-hybridized carbons (Fsp3) is 0.647. The number of rotatable bonds is 8. The van der Waals surface area contributed by atoms with Crippen molar-refractivity contribution < 1.29 is 9.13 Å². The van der Waals surface area contributed by atoms with Gasteiger partial charge in [-0.1, -0.05) is 12.1 Å². The number of nitrogens with zero attached hydrogens (tertiary/aromatic N) is 2. The second kappa shape index (κ2) is 9.00. The molecule has 3 nitrogen and oxygen atoms in total. The standard InChI is InChI=1S/C17H27FN2O/c1-19-11-13-20(14-12-19)10-2-4-16-5-7-17(8-6-16)21-15-3-9-18/h5-8H,2-4,9-15H2,1H3. The minimum Gasteiger partial charge on any atom is -0.494 e. The second-order valence-electron chi connectivity index (χ2n) is 5.78. The van der Waals surface area contributed by atoms with Gasteiger partial charge < -0.3 is 14.5 Å². The van der Waals surface area contributed by atoms with Crippen LogP contribution in [0.1, 0.15) is 18.4 Å². The molecular formula is C17H27FN2O. The molecule has 0 saturated carbocycles. The van der Waals surface area contributed by atoms with Crippen LogP contribution >= 0.6 is 0 Å². The monoisotopic (exact) mass is 294 g/mol. The van der Waals surface area contributed by atoms with E-state index in [0.717, 1.165) is 12.2 Å². The number of benzene rings is 1. The summed E-state index contributed by atoms with van der Waals surface area (Å²) in [5.41, 5.74) is 1.35. The molecule has 0 aliphatic carbocycles. The summed E-state index contributed by atoms with van der Waals surface area (Å²) in [7, 11) is 2.19. The zero-order valence-electron chi connectivity index (χ0n) is 13.1. The first kappa shape index (κ1) is 16.2. The maximum absolute atomic E-state index is 12.0. The van der Waals surface area contributed by atoms with Crippen molar-refractivity contribution in [1.82, 2.24) is 9.80 Å². The Bertz CT molecular complexity index is 388.